The van der Waals surface area contributed by atoms with Crippen LogP contribution in [0.2, 0.25) is 5.02 Å². The van der Waals surface area contributed by atoms with Crippen molar-refractivity contribution in [1.29, 1.82) is 5.26 Å². The summed E-state index contributed by atoms with van der Waals surface area (Å²) in [7, 11) is 0. The van der Waals surface area contributed by atoms with E-state index in [1.807, 2.05) is 6.07 Å². The number of rotatable bonds is 3. The van der Waals surface area contributed by atoms with Crippen LogP contribution in [-0.2, 0) is 0 Å². The lowest BCUT2D eigenvalue weighted by Gasteiger charge is -2.07. The predicted octanol–water partition coefficient (Wildman–Crippen LogP) is 3.26. The lowest BCUT2D eigenvalue weighted by molar-refractivity contribution is 0.855. The topological polar surface area (TPSA) is 72.5 Å². The fourth-order valence-electron chi connectivity index (χ4n) is 1.08. The van der Waals surface area contributed by atoms with Gasteiger partial charge in [0, 0.05) is 16.5 Å². The molecule has 0 fully saturated rings. The molecule has 1 aromatic rings. The highest BCUT2D eigenvalue weighted by atomic mass is 35.5. The van der Waals surface area contributed by atoms with Gasteiger partial charge in [0.25, 0.3) is 0 Å². The fraction of sp³-hybridized carbons (Fsp3) is 0.222. The van der Waals surface area contributed by atoms with E-state index in [1.165, 1.54) is 0 Å². The molecule has 1 atom stereocenters. The second kappa shape index (κ2) is 5.13. The van der Waals surface area contributed by atoms with Gasteiger partial charge in [-0.2, -0.15) is 5.26 Å². The molecule has 5 heteroatoms. The minimum absolute atomic E-state index is 0.108. The smallest absolute Gasteiger partial charge is 0.0783 e. The molecule has 0 saturated carbocycles. The van der Waals surface area contributed by atoms with Gasteiger partial charge in [0.15, 0.2) is 0 Å². The minimum Gasteiger partial charge on any atom is -0.198 e. The number of halogens is 1. The van der Waals surface area contributed by atoms with E-state index in [0.29, 0.717) is 10.6 Å². The molecule has 0 aliphatic carbocycles. The molecule has 14 heavy (non-hydrogen) atoms. The first kappa shape index (κ1) is 10.4. The molecule has 70 valence electrons. The van der Waals surface area contributed by atoms with Crippen LogP contribution in [0.5, 0.6) is 0 Å². The van der Waals surface area contributed by atoms with Gasteiger partial charge in [0.1, 0.15) is 0 Å². The normalized spacial score (nSPS) is 11.1. The van der Waals surface area contributed by atoms with Crippen molar-refractivity contribution in [2.75, 3.05) is 6.54 Å². The van der Waals surface area contributed by atoms with E-state index >= 15 is 0 Å². The number of hydrogen-bond donors (Lipinski definition) is 0. The van der Waals surface area contributed by atoms with Crippen LogP contribution in [-0.4, -0.2) is 6.54 Å². The van der Waals surface area contributed by atoms with Gasteiger partial charge in [0.2, 0.25) is 0 Å². The number of azide groups is 1. The average Bonchev–Trinajstić information content (AvgIpc) is 2.21. The summed E-state index contributed by atoms with van der Waals surface area (Å²) in [4.78, 5) is 2.61. The highest BCUT2D eigenvalue weighted by Crippen LogP contribution is 2.23. The number of benzene rings is 1. The fourth-order valence-corrected chi connectivity index (χ4v) is 1.35. The number of hydrogen-bond acceptors (Lipinski definition) is 2. The van der Waals surface area contributed by atoms with Crippen LogP contribution >= 0.6 is 11.6 Å². The van der Waals surface area contributed by atoms with Crippen molar-refractivity contribution < 1.29 is 0 Å². The van der Waals surface area contributed by atoms with Gasteiger partial charge in [-0.15, -0.1) is 0 Å². The lowest BCUT2D eigenvalue weighted by atomic mass is 10.0. The van der Waals surface area contributed by atoms with Gasteiger partial charge in [0.05, 0.1) is 12.0 Å². The maximum absolute atomic E-state index is 8.84. The Morgan fingerprint density at radius 3 is 2.86 bits per heavy atom. The Morgan fingerprint density at radius 2 is 2.29 bits per heavy atom. The summed E-state index contributed by atoms with van der Waals surface area (Å²) in [5.41, 5.74) is 8.84. The Hall–Kier alpha value is -1.69. The molecule has 0 unspecified atom stereocenters. The minimum atomic E-state index is -0.473. The van der Waals surface area contributed by atoms with Crippen LogP contribution in [0.4, 0.5) is 0 Å². The first-order chi connectivity index (χ1) is 6.79. The Morgan fingerprint density at radius 1 is 1.57 bits per heavy atom. The molecule has 0 heterocycles. The van der Waals surface area contributed by atoms with Crippen LogP contribution in [0.1, 0.15) is 11.5 Å². The molecule has 0 radical (unpaired) electrons. The summed E-state index contributed by atoms with van der Waals surface area (Å²) in [5.74, 6) is -0.473. The van der Waals surface area contributed by atoms with E-state index in [-0.39, 0.29) is 6.54 Å². The summed E-state index contributed by atoms with van der Waals surface area (Å²) >= 11 is 5.89. The molecule has 0 amide bonds. The van der Waals surface area contributed by atoms with E-state index in [4.69, 9.17) is 22.4 Å². The molecule has 1 aromatic carbocycles. The zero-order valence-electron chi connectivity index (χ0n) is 7.26. The van der Waals surface area contributed by atoms with E-state index in [9.17, 15) is 0 Å². The Balaban J connectivity index is 2.96. The molecule has 0 aliphatic heterocycles. The molecule has 4 nitrogen and oxygen atoms in total. The van der Waals surface area contributed by atoms with E-state index < -0.39 is 5.92 Å². The van der Waals surface area contributed by atoms with Crippen molar-refractivity contribution in [3.63, 3.8) is 0 Å². The molecular formula is C9H7ClN4. The van der Waals surface area contributed by atoms with Gasteiger partial charge in [-0.1, -0.05) is 34.9 Å². The summed E-state index contributed by atoms with van der Waals surface area (Å²) in [6.07, 6.45) is 0. The van der Waals surface area contributed by atoms with Gasteiger partial charge in [-0.3, -0.25) is 0 Å². The quantitative estimate of drug-likeness (QED) is 0.425. The third-order valence-corrected chi connectivity index (χ3v) is 2.11. The molecular weight excluding hydrogens is 200 g/mol. The van der Waals surface area contributed by atoms with Gasteiger partial charge >= 0.3 is 0 Å². The maximum Gasteiger partial charge on any atom is 0.0783 e. The largest absolute Gasteiger partial charge is 0.198 e. The monoisotopic (exact) mass is 206 g/mol. The zero-order valence-corrected chi connectivity index (χ0v) is 8.02. The zero-order chi connectivity index (χ0) is 10.4. The predicted molar refractivity (Wildman–Crippen MR) is 53.8 cm³/mol. The van der Waals surface area contributed by atoms with E-state index in [1.54, 1.807) is 24.3 Å². The van der Waals surface area contributed by atoms with Crippen molar-refractivity contribution in [3.8, 4) is 6.07 Å². The van der Waals surface area contributed by atoms with E-state index in [2.05, 4.69) is 10.0 Å². The van der Waals surface area contributed by atoms with Crippen molar-refractivity contribution in [2.24, 2.45) is 5.11 Å². The van der Waals surface area contributed by atoms with Crippen LogP contribution < -0.4 is 0 Å². The summed E-state index contributed by atoms with van der Waals surface area (Å²) in [6.45, 7) is 0.108. The van der Waals surface area contributed by atoms with E-state index in [0.717, 1.165) is 0 Å². The maximum atomic E-state index is 8.84. The van der Waals surface area contributed by atoms with Crippen LogP contribution in [0.15, 0.2) is 29.4 Å². The second-order valence-electron chi connectivity index (χ2n) is 2.62. The first-order valence-electron chi connectivity index (χ1n) is 3.94. The molecule has 0 saturated heterocycles. The summed E-state index contributed by atoms with van der Waals surface area (Å²) in [6, 6.07) is 9.08. The summed E-state index contributed by atoms with van der Waals surface area (Å²) < 4.78 is 0. The van der Waals surface area contributed by atoms with Crippen molar-refractivity contribution in [2.45, 2.75) is 5.92 Å². The first-order valence-corrected chi connectivity index (χ1v) is 4.32. The standard InChI is InChI=1S/C9H7ClN4/c10-9-4-2-1-3-8(9)7(5-11)6-13-14-12/h1-4,7H,6H2/t7-/m1/s1. The Labute approximate surface area is 86.4 Å². The third kappa shape index (κ3) is 2.40. The van der Waals surface area contributed by atoms with Crippen molar-refractivity contribution >= 4 is 11.6 Å². The molecule has 0 aliphatic rings. The molecule has 0 bridgehead atoms. The highest BCUT2D eigenvalue weighted by molar-refractivity contribution is 6.31. The third-order valence-electron chi connectivity index (χ3n) is 1.76. The van der Waals surface area contributed by atoms with Gasteiger partial charge in [-0.05, 0) is 17.2 Å². The lowest BCUT2D eigenvalue weighted by Crippen LogP contribution is -1.99. The van der Waals surface area contributed by atoms with Crippen molar-refractivity contribution in [1.82, 2.24) is 0 Å². The molecule has 0 spiro atoms. The van der Waals surface area contributed by atoms with Crippen LogP contribution in [0, 0.1) is 11.3 Å². The highest BCUT2D eigenvalue weighted by Gasteiger charge is 2.11. The summed E-state index contributed by atoms with van der Waals surface area (Å²) in [5, 5.41) is 12.7. The van der Waals surface area contributed by atoms with Crippen LogP contribution in [0.3, 0.4) is 0 Å². The number of nitriles is 1. The number of nitrogens with zero attached hydrogens (tertiary/aromatic N) is 4. The van der Waals surface area contributed by atoms with Gasteiger partial charge in [-0.25, -0.2) is 0 Å². The van der Waals surface area contributed by atoms with Crippen LogP contribution in [0.25, 0.3) is 10.4 Å². The Bertz CT molecular complexity index is 404. The van der Waals surface area contributed by atoms with Gasteiger partial charge < -0.3 is 0 Å². The molecule has 1 rings (SSSR count). The average molecular weight is 207 g/mol. The Kier molecular flexibility index (Phi) is 3.81. The van der Waals surface area contributed by atoms with Crippen molar-refractivity contribution in [3.05, 3.63) is 45.3 Å². The second-order valence-corrected chi connectivity index (χ2v) is 3.02. The molecule has 0 N–H and O–H groups in total. The molecule has 0 aromatic heterocycles. The SMILES string of the molecule is N#C[C@H](CN=[N+]=[N-])c1ccccc1Cl.